The van der Waals surface area contributed by atoms with Gasteiger partial charge in [-0.15, -0.1) is 0 Å². The maximum absolute atomic E-state index is 12.3. The third-order valence-corrected chi connectivity index (χ3v) is 4.49. The summed E-state index contributed by atoms with van der Waals surface area (Å²) >= 11 is 0. The molecule has 4 atom stereocenters. The van der Waals surface area contributed by atoms with Gasteiger partial charge in [-0.3, -0.25) is 9.59 Å². The van der Waals surface area contributed by atoms with E-state index >= 15 is 0 Å². The van der Waals surface area contributed by atoms with E-state index in [9.17, 15) is 14.7 Å². The molecule has 3 rings (SSSR count). The van der Waals surface area contributed by atoms with Crippen LogP contribution in [0.1, 0.15) is 32.6 Å². The monoisotopic (exact) mass is 266 g/mol. The number of fused-ring (bicyclic) bond motifs is 1. The molecule has 0 aromatic carbocycles. The smallest absolute Gasteiger partial charge is 0.308 e. The molecular formula is C14H18O5. The van der Waals surface area contributed by atoms with Crippen molar-refractivity contribution >= 4 is 11.8 Å². The van der Waals surface area contributed by atoms with E-state index < -0.39 is 11.9 Å². The second-order valence-corrected chi connectivity index (χ2v) is 5.76. The first kappa shape index (κ1) is 12.8. The Bertz CT molecular complexity index is 455. The Balaban J connectivity index is 1.87. The van der Waals surface area contributed by atoms with Crippen molar-refractivity contribution in [1.82, 2.24) is 0 Å². The van der Waals surface area contributed by atoms with Gasteiger partial charge in [0.2, 0.25) is 5.79 Å². The molecule has 2 fully saturated rings. The Morgan fingerprint density at radius 1 is 1.47 bits per heavy atom. The number of carbonyl (C=O) groups excluding carboxylic acids is 2. The lowest BCUT2D eigenvalue weighted by atomic mass is 9.73. The minimum absolute atomic E-state index is 0.118. The van der Waals surface area contributed by atoms with Crippen molar-refractivity contribution in [2.45, 2.75) is 44.5 Å². The molecule has 0 radical (unpaired) electrons. The first-order valence-corrected chi connectivity index (χ1v) is 6.78. The fraction of sp³-hybridized carbons (Fsp3) is 0.714. The Morgan fingerprint density at radius 2 is 2.26 bits per heavy atom. The SMILES string of the molecule is CC1CC2(CCC(=O)O2)OC2C(=O)C(CO)=CCC12. The number of aliphatic hydroxyl groups is 1. The van der Waals surface area contributed by atoms with Crippen LogP contribution in [-0.4, -0.2) is 35.4 Å². The van der Waals surface area contributed by atoms with Crippen LogP contribution in [0.25, 0.3) is 0 Å². The zero-order valence-corrected chi connectivity index (χ0v) is 10.9. The van der Waals surface area contributed by atoms with Gasteiger partial charge < -0.3 is 14.6 Å². The van der Waals surface area contributed by atoms with E-state index in [1.165, 1.54) is 0 Å². The van der Waals surface area contributed by atoms with Crippen LogP contribution in [0.3, 0.4) is 0 Å². The molecule has 0 aromatic heterocycles. The number of Topliss-reactive ketones (excluding diaryl/α,β-unsaturated/α-hetero) is 1. The summed E-state index contributed by atoms with van der Waals surface area (Å²) in [5.41, 5.74) is 0.412. The second-order valence-electron chi connectivity index (χ2n) is 5.76. The van der Waals surface area contributed by atoms with Gasteiger partial charge in [0.15, 0.2) is 5.78 Å². The van der Waals surface area contributed by atoms with Crippen LogP contribution < -0.4 is 0 Å². The largest absolute Gasteiger partial charge is 0.433 e. The standard InChI is InChI=1S/C14H18O5/c1-8-6-14(5-4-11(16)18-14)19-13-10(8)3-2-9(7-15)12(13)17/h2,8,10,13,15H,3-7H2,1H3. The highest BCUT2D eigenvalue weighted by molar-refractivity contribution is 6.00. The summed E-state index contributed by atoms with van der Waals surface area (Å²) in [5, 5.41) is 9.19. The van der Waals surface area contributed by atoms with E-state index in [0.29, 0.717) is 24.8 Å². The normalized spacial score (nSPS) is 42.0. The molecule has 2 saturated heterocycles. The Hall–Kier alpha value is -1.20. The number of hydrogen-bond donors (Lipinski definition) is 1. The summed E-state index contributed by atoms with van der Waals surface area (Å²) in [5.74, 6) is -0.956. The van der Waals surface area contributed by atoms with Gasteiger partial charge in [0.25, 0.3) is 0 Å². The van der Waals surface area contributed by atoms with Crippen molar-refractivity contribution in [3.05, 3.63) is 11.6 Å². The molecule has 1 N–H and O–H groups in total. The zero-order chi connectivity index (χ0) is 13.6. The van der Waals surface area contributed by atoms with Gasteiger partial charge in [-0.05, 0) is 18.3 Å². The van der Waals surface area contributed by atoms with Crippen molar-refractivity contribution in [2.75, 3.05) is 6.61 Å². The first-order valence-electron chi connectivity index (χ1n) is 6.78. The Labute approximate surface area is 111 Å². The fourth-order valence-corrected chi connectivity index (χ4v) is 3.44. The maximum atomic E-state index is 12.3. The van der Waals surface area contributed by atoms with Gasteiger partial charge in [-0.25, -0.2) is 0 Å². The quantitative estimate of drug-likeness (QED) is 0.715. The van der Waals surface area contributed by atoms with Crippen molar-refractivity contribution in [3.63, 3.8) is 0 Å². The van der Waals surface area contributed by atoms with Crippen molar-refractivity contribution in [2.24, 2.45) is 11.8 Å². The lowest BCUT2D eigenvalue weighted by molar-refractivity contribution is -0.268. The van der Waals surface area contributed by atoms with Gasteiger partial charge in [-0.2, -0.15) is 0 Å². The molecule has 2 aliphatic heterocycles. The third kappa shape index (κ3) is 2.01. The number of rotatable bonds is 1. The molecule has 0 saturated carbocycles. The summed E-state index contributed by atoms with van der Waals surface area (Å²) in [7, 11) is 0. The molecule has 104 valence electrons. The van der Waals surface area contributed by atoms with Gasteiger partial charge in [0, 0.05) is 18.4 Å². The molecule has 2 heterocycles. The lowest BCUT2D eigenvalue weighted by Gasteiger charge is -2.45. The van der Waals surface area contributed by atoms with E-state index in [-0.39, 0.29) is 30.2 Å². The Kier molecular flexibility index (Phi) is 2.98. The van der Waals surface area contributed by atoms with Gasteiger partial charge in [0.1, 0.15) is 6.10 Å². The van der Waals surface area contributed by atoms with Gasteiger partial charge in [-0.1, -0.05) is 13.0 Å². The molecule has 19 heavy (non-hydrogen) atoms. The van der Waals surface area contributed by atoms with E-state index in [1.54, 1.807) is 0 Å². The fourth-order valence-electron chi connectivity index (χ4n) is 3.44. The van der Waals surface area contributed by atoms with Crippen LogP contribution in [-0.2, 0) is 19.1 Å². The minimum atomic E-state index is -0.911. The number of esters is 1. The summed E-state index contributed by atoms with van der Waals surface area (Å²) in [6.07, 6.45) is 3.47. The molecule has 4 unspecified atom stereocenters. The van der Waals surface area contributed by atoms with Crippen molar-refractivity contribution < 1.29 is 24.2 Å². The predicted molar refractivity (Wildman–Crippen MR) is 65.0 cm³/mol. The van der Waals surface area contributed by atoms with Crippen LogP contribution in [0.4, 0.5) is 0 Å². The number of allylic oxidation sites excluding steroid dienone is 1. The molecule has 0 bridgehead atoms. The van der Waals surface area contributed by atoms with E-state index in [4.69, 9.17) is 9.47 Å². The van der Waals surface area contributed by atoms with E-state index in [0.717, 1.165) is 6.42 Å². The van der Waals surface area contributed by atoms with E-state index in [1.807, 2.05) is 6.08 Å². The average molecular weight is 266 g/mol. The molecule has 5 nitrogen and oxygen atoms in total. The van der Waals surface area contributed by atoms with Crippen LogP contribution in [0.2, 0.25) is 0 Å². The molecule has 0 amide bonds. The summed E-state index contributed by atoms with van der Waals surface area (Å²) in [4.78, 5) is 23.6. The van der Waals surface area contributed by atoms with Crippen LogP contribution in [0.15, 0.2) is 11.6 Å². The van der Waals surface area contributed by atoms with Crippen LogP contribution >= 0.6 is 0 Å². The number of carbonyl (C=O) groups is 2. The first-order chi connectivity index (χ1) is 9.04. The van der Waals surface area contributed by atoms with Gasteiger partial charge >= 0.3 is 5.97 Å². The van der Waals surface area contributed by atoms with Crippen molar-refractivity contribution in [3.8, 4) is 0 Å². The third-order valence-electron chi connectivity index (χ3n) is 4.49. The number of ether oxygens (including phenoxy) is 2. The minimum Gasteiger partial charge on any atom is -0.433 e. The van der Waals surface area contributed by atoms with Crippen LogP contribution in [0.5, 0.6) is 0 Å². The topological polar surface area (TPSA) is 72.8 Å². The Morgan fingerprint density at radius 3 is 2.89 bits per heavy atom. The van der Waals surface area contributed by atoms with E-state index in [2.05, 4.69) is 6.92 Å². The summed E-state index contributed by atoms with van der Waals surface area (Å²) in [6.45, 7) is 1.81. The summed E-state index contributed by atoms with van der Waals surface area (Å²) in [6, 6.07) is 0. The van der Waals surface area contributed by atoms with Gasteiger partial charge in [0.05, 0.1) is 13.0 Å². The highest BCUT2D eigenvalue weighted by atomic mass is 16.7. The number of aliphatic hydroxyl groups excluding tert-OH is 1. The molecule has 1 aliphatic carbocycles. The highest BCUT2D eigenvalue weighted by Crippen LogP contribution is 2.46. The molecule has 1 spiro atoms. The number of hydrogen-bond acceptors (Lipinski definition) is 5. The molecular weight excluding hydrogens is 248 g/mol. The van der Waals surface area contributed by atoms with Crippen molar-refractivity contribution in [1.29, 1.82) is 0 Å². The number of ketones is 1. The summed E-state index contributed by atoms with van der Waals surface area (Å²) < 4.78 is 11.2. The second kappa shape index (κ2) is 4.42. The molecule has 5 heteroatoms. The lowest BCUT2D eigenvalue weighted by Crippen LogP contribution is -2.53. The highest BCUT2D eigenvalue weighted by Gasteiger charge is 2.53. The average Bonchev–Trinajstić information content (AvgIpc) is 2.72. The molecule has 3 aliphatic rings. The zero-order valence-electron chi connectivity index (χ0n) is 10.9. The van der Waals surface area contributed by atoms with Crippen LogP contribution in [0, 0.1) is 11.8 Å². The predicted octanol–water partition coefficient (Wildman–Crippen LogP) is 0.952. The molecule has 0 aromatic rings. The maximum Gasteiger partial charge on any atom is 0.308 e.